The van der Waals surface area contributed by atoms with Crippen LogP contribution in [-0.2, 0) is 0 Å². The van der Waals surface area contributed by atoms with Crippen molar-refractivity contribution in [2.75, 3.05) is 13.7 Å². The fourth-order valence-electron chi connectivity index (χ4n) is 1.96. The lowest BCUT2D eigenvalue weighted by Gasteiger charge is -2.14. The van der Waals surface area contributed by atoms with Crippen molar-refractivity contribution in [1.82, 2.24) is 5.32 Å². The molecule has 1 aromatic carbocycles. The summed E-state index contributed by atoms with van der Waals surface area (Å²) in [5, 5.41) is 3.07. The summed E-state index contributed by atoms with van der Waals surface area (Å²) < 4.78 is 32.1. The number of rotatable bonds is 2. The molecule has 0 aliphatic carbocycles. The van der Waals surface area contributed by atoms with E-state index in [1.807, 2.05) is 0 Å². The smallest absolute Gasteiger partial charge is 0.172 e. The molecule has 16 heavy (non-hydrogen) atoms. The first-order chi connectivity index (χ1) is 7.24. The Kier molecular flexibility index (Phi) is 4.50. The normalized spacial score (nSPS) is 19.3. The highest BCUT2D eigenvalue weighted by atomic mass is 35.5. The van der Waals surface area contributed by atoms with Crippen molar-refractivity contribution in [1.29, 1.82) is 0 Å². The molecule has 0 bridgehead atoms. The highest BCUT2D eigenvalue weighted by molar-refractivity contribution is 5.85. The second-order valence-corrected chi connectivity index (χ2v) is 3.63. The maximum atomic E-state index is 13.8. The number of ether oxygens (including phenoxy) is 1. The molecule has 1 saturated heterocycles. The highest BCUT2D eigenvalue weighted by Gasteiger charge is 2.25. The summed E-state index contributed by atoms with van der Waals surface area (Å²) in [4.78, 5) is 0. The SMILES string of the molecule is COc1ccc(F)c([C@@H]2CCCN2)c1F.Cl. The molecule has 1 fully saturated rings. The zero-order valence-corrected chi connectivity index (χ0v) is 9.74. The van der Waals surface area contributed by atoms with Crippen LogP contribution in [0.25, 0.3) is 0 Å². The van der Waals surface area contributed by atoms with Crippen molar-refractivity contribution >= 4 is 12.4 Å². The lowest BCUT2D eigenvalue weighted by atomic mass is 10.0. The number of benzene rings is 1. The molecule has 1 N–H and O–H groups in total. The highest BCUT2D eigenvalue weighted by Crippen LogP contribution is 2.31. The molecule has 2 nitrogen and oxygen atoms in total. The molecule has 0 amide bonds. The fourth-order valence-corrected chi connectivity index (χ4v) is 1.96. The van der Waals surface area contributed by atoms with Gasteiger partial charge in [0.1, 0.15) is 5.82 Å². The topological polar surface area (TPSA) is 21.3 Å². The summed E-state index contributed by atoms with van der Waals surface area (Å²) in [6.07, 6.45) is 1.71. The molecule has 0 unspecified atom stereocenters. The van der Waals surface area contributed by atoms with E-state index in [4.69, 9.17) is 4.74 Å². The van der Waals surface area contributed by atoms with Gasteiger partial charge in [0.2, 0.25) is 0 Å². The van der Waals surface area contributed by atoms with Crippen molar-refractivity contribution in [2.24, 2.45) is 0 Å². The average molecular weight is 250 g/mol. The zero-order chi connectivity index (χ0) is 10.8. The maximum absolute atomic E-state index is 13.8. The van der Waals surface area contributed by atoms with Gasteiger partial charge in [0.05, 0.1) is 7.11 Å². The number of hydrogen-bond donors (Lipinski definition) is 1. The minimum atomic E-state index is -0.586. The van der Waals surface area contributed by atoms with Gasteiger partial charge in [0, 0.05) is 11.6 Å². The Bertz CT molecular complexity index is 367. The molecule has 1 aromatic rings. The summed E-state index contributed by atoms with van der Waals surface area (Å²) in [5.41, 5.74) is 0.104. The monoisotopic (exact) mass is 249 g/mol. The number of halogens is 3. The quantitative estimate of drug-likeness (QED) is 0.870. The molecule has 1 heterocycles. The zero-order valence-electron chi connectivity index (χ0n) is 8.93. The summed E-state index contributed by atoms with van der Waals surface area (Å²) in [6, 6.07) is 2.33. The predicted molar refractivity (Wildman–Crippen MR) is 60.1 cm³/mol. The Morgan fingerprint density at radius 1 is 1.38 bits per heavy atom. The largest absolute Gasteiger partial charge is 0.494 e. The standard InChI is InChI=1S/C11H13F2NO.ClH/c1-15-9-5-4-7(12)10(11(9)13)8-3-2-6-14-8;/h4-5,8,14H,2-3,6H2,1H3;1H/t8-;/m0./s1. The van der Waals surface area contributed by atoms with Crippen LogP contribution in [0, 0.1) is 11.6 Å². The lowest BCUT2D eigenvalue weighted by Crippen LogP contribution is -2.16. The Balaban J connectivity index is 0.00000128. The Morgan fingerprint density at radius 2 is 2.12 bits per heavy atom. The molecule has 5 heteroatoms. The molecule has 0 saturated carbocycles. The van der Waals surface area contributed by atoms with Gasteiger partial charge in [-0.2, -0.15) is 0 Å². The van der Waals surface area contributed by atoms with Gasteiger partial charge >= 0.3 is 0 Å². The molecule has 1 atom stereocenters. The summed E-state index contributed by atoms with van der Waals surface area (Å²) in [7, 11) is 1.38. The summed E-state index contributed by atoms with van der Waals surface area (Å²) in [5.74, 6) is -0.996. The molecule has 2 rings (SSSR count). The van der Waals surface area contributed by atoms with Crippen LogP contribution < -0.4 is 10.1 Å². The van der Waals surface area contributed by atoms with Gasteiger partial charge in [-0.3, -0.25) is 0 Å². The summed E-state index contributed by atoms with van der Waals surface area (Å²) in [6.45, 7) is 0.806. The minimum Gasteiger partial charge on any atom is -0.494 e. The van der Waals surface area contributed by atoms with Crippen molar-refractivity contribution in [3.8, 4) is 5.75 Å². The van der Waals surface area contributed by atoms with Crippen molar-refractivity contribution in [3.05, 3.63) is 29.3 Å². The van der Waals surface area contributed by atoms with Gasteiger partial charge in [-0.05, 0) is 31.5 Å². The van der Waals surface area contributed by atoms with Crippen LogP contribution in [0.5, 0.6) is 5.75 Å². The van der Waals surface area contributed by atoms with Crippen LogP contribution in [0.4, 0.5) is 8.78 Å². The van der Waals surface area contributed by atoms with Crippen LogP contribution >= 0.6 is 12.4 Å². The van der Waals surface area contributed by atoms with E-state index in [1.54, 1.807) is 0 Å². The average Bonchev–Trinajstić information content (AvgIpc) is 2.71. The molecule has 1 aliphatic heterocycles. The maximum Gasteiger partial charge on any atom is 0.172 e. The van der Waals surface area contributed by atoms with E-state index in [-0.39, 0.29) is 29.8 Å². The van der Waals surface area contributed by atoms with E-state index >= 15 is 0 Å². The van der Waals surface area contributed by atoms with Crippen molar-refractivity contribution in [3.63, 3.8) is 0 Å². The van der Waals surface area contributed by atoms with Crippen LogP contribution in [0.15, 0.2) is 12.1 Å². The summed E-state index contributed by atoms with van der Waals surface area (Å²) >= 11 is 0. The van der Waals surface area contributed by atoms with Gasteiger partial charge in [0.15, 0.2) is 11.6 Å². The Labute approximate surface area is 99.4 Å². The van der Waals surface area contributed by atoms with Crippen LogP contribution in [-0.4, -0.2) is 13.7 Å². The molecule has 0 spiro atoms. The number of hydrogen-bond acceptors (Lipinski definition) is 2. The fraction of sp³-hybridized carbons (Fsp3) is 0.455. The third kappa shape index (κ3) is 2.28. The second-order valence-electron chi connectivity index (χ2n) is 3.63. The van der Waals surface area contributed by atoms with Crippen LogP contribution in [0.1, 0.15) is 24.4 Å². The first-order valence-electron chi connectivity index (χ1n) is 4.99. The van der Waals surface area contributed by atoms with Gasteiger partial charge < -0.3 is 10.1 Å². The van der Waals surface area contributed by atoms with E-state index in [9.17, 15) is 8.78 Å². The first-order valence-corrected chi connectivity index (χ1v) is 4.99. The minimum absolute atomic E-state index is 0. The molecular formula is C11H14ClF2NO. The van der Waals surface area contributed by atoms with E-state index in [2.05, 4.69) is 5.32 Å². The van der Waals surface area contributed by atoms with Crippen LogP contribution in [0.3, 0.4) is 0 Å². The third-order valence-electron chi connectivity index (χ3n) is 2.72. The van der Waals surface area contributed by atoms with Gasteiger partial charge in [-0.25, -0.2) is 8.78 Å². The Morgan fingerprint density at radius 3 is 2.69 bits per heavy atom. The molecule has 1 aliphatic rings. The third-order valence-corrected chi connectivity index (χ3v) is 2.72. The van der Waals surface area contributed by atoms with E-state index in [0.29, 0.717) is 0 Å². The van der Waals surface area contributed by atoms with Gasteiger partial charge in [-0.1, -0.05) is 0 Å². The molecule has 0 aromatic heterocycles. The molecule has 90 valence electrons. The van der Waals surface area contributed by atoms with E-state index in [1.165, 1.54) is 19.2 Å². The van der Waals surface area contributed by atoms with Crippen molar-refractivity contribution < 1.29 is 13.5 Å². The molecular weight excluding hydrogens is 236 g/mol. The van der Waals surface area contributed by atoms with Crippen LogP contribution in [0.2, 0.25) is 0 Å². The predicted octanol–water partition coefficient (Wildman–Crippen LogP) is 2.82. The number of nitrogens with one attached hydrogen (secondary N) is 1. The van der Waals surface area contributed by atoms with E-state index in [0.717, 1.165) is 19.4 Å². The molecule has 0 radical (unpaired) electrons. The van der Waals surface area contributed by atoms with Gasteiger partial charge in [0.25, 0.3) is 0 Å². The lowest BCUT2D eigenvalue weighted by molar-refractivity contribution is 0.376. The van der Waals surface area contributed by atoms with Crippen molar-refractivity contribution in [2.45, 2.75) is 18.9 Å². The Hall–Kier alpha value is -0.870. The van der Waals surface area contributed by atoms with E-state index < -0.39 is 11.6 Å². The first kappa shape index (κ1) is 13.2. The second kappa shape index (κ2) is 5.46. The number of methoxy groups -OCH3 is 1. The van der Waals surface area contributed by atoms with Gasteiger partial charge in [-0.15, -0.1) is 12.4 Å².